The summed E-state index contributed by atoms with van der Waals surface area (Å²) < 4.78 is 22.1. The van der Waals surface area contributed by atoms with Gasteiger partial charge < -0.3 is 34.3 Å². The molecule has 0 radical (unpaired) electrons. The summed E-state index contributed by atoms with van der Waals surface area (Å²) in [5, 5.41) is 13.4. The maximum absolute atomic E-state index is 12.2. The molecule has 1 fully saturated rings. The predicted octanol–water partition coefficient (Wildman–Crippen LogP) is 3.25. The molecular weight excluding hydrogens is 472 g/mol. The first-order chi connectivity index (χ1) is 16.3. The fraction of sp³-hybridized carbons (Fsp3) is 0.792. The van der Waals surface area contributed by atoms with Crippen molar-refractivity contribution in [3.05, 3.63) is 11.8 Å². The maximum atomic E-state index is 12.2. The number of rotatable bonds is 13. The van der Waals surface area contributed by atoms with Gasteiger partial charge in [-0.05, 0) is 63.6 Å². The number of aliphatic hydroxyl groups is 1. The Hall–Kier alpha value is -1.95. The molecular formula is C24H44N2O8Si. The third-order valence-corrected chi connectivity index (χ3v) is 11.1. The van der Waals surface area contributed by atoms with Gasteiger partial charge in [0, 0.05) is 6.61 Å². The highest BCUT2D eigenvalue weighted by atomic mass is 28.4. The molecule has 0 aromatic rings. The Balaban J connectivity index is 2.97. The van der Waals surface area contributed by atoms with Crippen molar-refractivity contribution < 1.29 is 38.2 Å². The second-order valence-corrected chi connectivity index (χ2v) is 14.9. The van der Waals surface area contributed by atoms with Crippen LogP contribution < -0.4 is 5.73 Å². The summed E-state index contributed by atoms with van der Waals surface area (Å²) in [5.41, 5.74) is 5.32. The van der Waals surface area contributed by atoms with Gasteiger partial charge in [-0.15, -0.1) is 0 Å². The zero-order valence-corrected chi connectivity index (χ0v) is 23.3. The predicted molar refractivity (Wildman–Crippen MR) is 135 cm³/mol. The lowest BCUT2D eigenvalue weighted by molar-refractivity contribution is -0.144. The number of nitrogens with two attached hydrogens (primary N) is 1. The van der Waals surface area contributed by atoms with Crippen LogP contribution in [0.2, 0.25) is 18.1 Å². The summed E-state index contributed by atoms with van der Waals surface area (Å²) in [6.07, 6.45) is 3.55. The molecule has 0 heterocycles. The van der Waals surface area contributed by atoms with Crippen molar-refractivity contribution in [3.63, 3.8) is 0 Å². The number of nitrogens with zero attached hydrogens (tertiary/aromatic N) is 1. The van der Waals surface area contributed by atoms with Gasteiger partial charge in [-0.1, -0.05) is 25.9 Å². The van der Waals surface area contributed by atoms with E-state index in [4.69, 9.17) is 29.2 Å². The van der Waals surface area contributed by atoms with E-state index >= 15 is 0 Å². The van der Waals surface area contributed by atoms with Crippen LogP contribution in [0.4, 0.5) is 0 Å². The topological polar surface area (TPSA) is 139 Å². The van der Waals surface area contributed by atoms with Crippen LogP contribution in [-0.4, -0.2) is 69.8 Å². The molecule has 11 heteroatoms. The molecule has 1 rings (SSSR count). The van der Waals surface area contributed by atoms with E-state index in [-0.39, 0.29) is 37.3 Å². The van der Waals surface area contributed by atoms with E-state index in [0.717, 1.165) is 18.9 Å². The van der Waals surface area contributed by atoms with Gasteiger partial charge in [0.25, 0.3) is 0 Å². The lowest BCUT2D eigenvalue weighted by Crippen LogP contribution is -2.50. The summed E-state index contributed by atoms with van der Waals surface area (Å²) in [6.45, 7) is 15.2. The molecule has 0 aliphatic heterocycles. The van der Waals surface area contributed by atoms with Gasteiger partial charge in [0.2, 0.25) is 5.76 Å². The number of aliphatic hydroxyl groups excluding tert-OH is 1. The molecule has 1 aliphatic rings. The Morgan fingerprint density at radius 2 is 1.74 bits per heavy atom. The van der Waals surface area contributed by atoms with Crippen LogP contribution in [0.1, 0.15) is 60.3 Å². The SMILES string of the molecule is CCOC(=O)/C=C(\O/N=C(\N)C1(OCCO)CCC(CO[Si](C)(C)C(C)(C)C)CC1)C(=O)OCC. The normalized spacial score (nSPS) is 22.0. The van der Waals surface area contributed by atoms with Crippen LogP contribution in [-0.2, 0) is 33.1 Å². The number of ether oxygens (including phenoxy) is 3. The Kier molecular flexibility index (Phi) is 12.4. The molecule has 1 saturated carbocycles. The minimum Gasteiger partial charge on any atom is -0.463 e. The molecule has 0 unspecified atom stereocenters. The van der Waals surface area contributed by atoms with Crippen LogP contribution in [0, 0.1) is 5.92 Å². The molecule has 0 amide bonds. The third kappa shape index (κ3) is 9.55. The average molecular weight is 517 g/mol. The quantitative estimate of drug-likeness (QED) is 0.0718. The molecule has 202 valence electrons. The number of carbonyl (C=O) groups is 2. The fourth-order valence-corrected chi connectivity index (χ4v) is 4.45. The lowest BCUT2D eigenvalue weighted by atomic mass is 9.78. The van der Waals surface area contributed by atoms with E-state index in [9.17, 15) is 14.7 Å². The number of hydrogen-bond donors (Lipinski definition) is 2. The molecule has 0 aromatic carbocycles. The summed E-state index contributed by atoms with van der Waals surface area (Å²) in [6, 6.07) is 0. The average Bonchev–Trinajstić information content (AvgIpc) is 2.79. The third-order valence-electron chi connectivity index (χ3n) is 6.59. The number of amidine groups is 1. The molecule has 0 saturated heterocycles. The van der Waals surface area contributed by atoms with Crippen LogP contribution in [0.3, 0.4) is 0 Å². The van der Waals surface area contributed by atoms with E-state index in [1.165, 1.54) is 0 Å². The molecule has 0 aromatic heterocycles. The molecule has 1 aliphatic carbocycles. The van der Waals surface area contributed by atoms with Crippen molar-refractivity contribution in [3.8, 4) is 0 Å². The van der Waals surface area contributed by atoms with Crippen molar-refractivity contribution in [2.24, 2.45) is 16.8 Å². The summed E-state index contributed by atoms with van der Waals surface area (Å²) in [7, 11) is -1.85. The van der Waals surface area contributed by atoms with Crippen LogP contribution in [0.25, 0.3) is 0 Å². The zero-order chi connectivity index (χ0) is 26.7. The van der Waals surface area contributed by atoms with Crippen LogP contribution in [0.15, 0.2) is 17.0 Å². The summed E-state index contributed by atoms with van der Waals surface area (Å²) in [5.74, 6) is -1.70. The monoisotopic (exact) mass is 516 g/mol. The summed E-state index contributed by atoms with van der Waals surface area (Å²) in [4.78, 5) is 29.2. The Morgan fingerprint density at radius 1 is 1.14 bits per heavy atom. The van der Waals surface area contributed by atoms with E-state index in [2.05, 4.69) is 39.0 Å². The molecule has 0 atom stereocenters. The summed E-state index contributed by atoms with van der Waals surface area (Å²) >= 11 is 0. The van der Waals surface area contributed by atoms with Crippen molar-refractivity contribution in [2.75, 3.05) is 33.0 Å². The van der Waals surface area contributed by atoms with E-state index < -0.39 is 31.6 Å². The maximum Gasteiger partial charge on any atom is 0.377 e. The van der Waals surface area contributed by atoms with Gasteiger partial charge >= 0.3 is 11.9 Å². The van der Waals surface area contributed by atoms with Crippen molar-refractivity contribution in [1.29, 1.82) is 0 Å². The number of hydrogen-bond acceptors (Lipinski definition) is 9. The minimum absolute atomic E-state index is 0.0220. The Morgan fingerprint density at radius 3 is 2.26 bits per heavy atom. The smallest absolute Gasteiger partial charge is 0.377 e. The van der Waals surface area contributed by atoms with Gasteiger partial charge in [-0.25, -0.2) is 9.59 Å². The van der Waals surface area contributed by atoms with Gasteiger partial charge in [-0.3, -0.25) is 0 Å². The van der Waals surface area contributed by atoms with Crippen molar-refractivity contribution in [2.45, 2.75) is 84.0 Å². The highest BCUT2D eigenvalue weighted by Gasteiger charge is 2.42. The van der Waals surface area contributed by atoms with Gasteiger partial charge in [0.15, 0.2) is 14.2 Å². The largest absolute Gasteiger partial charge is 0.463 e. The molecule has 3 N–H and O–H groups in total. The molecule has 0 spiro atoms. The first-order valence-corrected chi connectivity index (χ1v) is 15.2. The number of oxime groups is 1. The van der Waals surface area contributed by atoms with Crippen LogP contribution in [0.5, 0.6) is 0 Å². The van der Waals surface area contributed by atoms with Crippen molar-refractivity contribution >= 4 is 26.1 Å². The van der Waals surface area contributed by atoms with Crippen molar-refractivity contribution in [1.82, 2.24) is 0 Å². The highest BCUT2D eigenvalue weighted by Crippen LogP contribution is 2.39. The van der Waals surface area contributed by atoms with E-state index in [0.29, 0.717) is 25.4 Å². The number of carbonyl (C=O) groups excluding carboxylic acids is 2. The highest BCUT2D eigenvalue weighted by molar-refractivity contribution is 6.74. The van der Waals surface area contributed by atoms with E-state index in [1.807, 2.05) is 0 Å². The van der Waals surface area contributed by atoms with E-state index in [1.54, 1.807) is 13.8 Å². The molecule has 10 nitrogen and oxygen atoms in total. The first kappa shape index (κ1) is 31.1. The Bertz CT molecular complexity index is 753. The molecule has 35 heavy (non-hydrogen) atoms. The van der Waals surface area contributed by atoms with Gasteiger partial charge in [0.05, 0.1) is 32.5 Å². The van der Waals surface area contributed by atoms with Gasteiger partial charge in [-0.2, -0.15) is 0 Å². The lowest BCUT2D eigenvalue weighted by Gasteiger charge is -2.41. The van der Waals surface area contributed by atoms with Gasteiger partial charge in [0.1, 0.15) is 5.60 Å². The zero-order valence-electron chi connectivity index (χ0n) is 22.3. The fourth-order valence-electron chi connectivity index (χ4n) is 3.37. The molecule has 0 bridgehead atoms. The van der Waals surface area contributed by atoms with Crippen LogP contribution >= 0.6 is 0 Å². The second-order valence-electron chi connectivity index (χ2n) is 10.1. The number of esters is 2. The second kappa shape index (κ2) is 14.0. The standard InChI is InChI=1S/C24H44N2O8Si/c1-8-30-20(28)16-19(21(29)31-9-2)34-26-22(25)24(32-15-14-27)12-10-18(11-13-24)17-33-35(6,7)23(3,4)5/h16,18,27H,8-15,17H2,1-7H3,(H2,25,26)/b19-16-. The Labute approximate surface area is 210 Å². The first-order valence-electron chi connectivity index (χ1n) is 12.3. The minimum atomic E-state index is -1.85.